The molecule has 9 nitrogen and oxygen atoms in total. The highest BCUT2D eigenvalue weighted by Gasteiger charge is 2.13. The molecule has 4 aromatic rings. The van der Waals surface area contributed by atoms with E-state index >= 15 is 0 Å². The second-order valence-electron chi connectivity index (χ2n) is 6.71. The molecule has 0 radical (unpaired) electrons. The molecule has 2 heterocycles. The summed E-state index contributed by atoms with van der Waals surface area (Å²) in [5, 5.41) is 15.7. The Balaban J connectivity index is 1.63. The van der Waals surface area contributed by atoms with Gasteiger partial charge in [-0.3, -0.25) is 14.9 Å². The molecular weight excluding hydrogens is 537 g/mol. The predicted octanol–water partition coefficient (Wildman–Crippen LogP) is 5.75. The molecule has 0 bridgehead atoms. The number of ether oxygens (including phenoxy) is 1. The molecule has 0 saturated carbocycles. The van der Waals surface area contributed by atoms with Crippen LogP contribution in [0.25, 0.3) is 10.9 Å². The number of fused-ring (bicyclic) bond motifs is 1. The SMILES string of the molecule is Cc1nc2ccc(Br)cc2c(=O)n1N=Cc1cc(Cl)c(Oc2ccc([N+](=O)[O-])cn2)c(Cl)c1. The van der Waals surface area contributed by atoms with Crippen LogP contribution < -0.4 is 10.3 Å². The maximum Gasteiger partial charge on any atom is 0.287 e. The molecule has 2 aromatic carbocycles. The van der Waals surface area contributed by atoms with Gasteiger partial charge < -0.3 is 4.74 Å². The number of benzene rings is 2. The molecule has 0 spiro atoms. The van der Waals surface area contributed by atoms with Gasteiger partial charge in [-0.15, -0.1) is 0 Å². The van der Waals surface area contributed by atoms with Crippen molar-refractivity contribution in [1.29, 1.82) is 0 Å². The van der Waals surface area contributed by atoms with Crippen LogP contribution in [0.1, 0.15) is 11.4 Å². The quantitative estimate of drug-likeness (QED) is 0.178. The van der Waals surface area contributed by atoms with Gasteiger partial charge in [-0.1, -0.05) is 39.1 Å². The van der Waals surface area contributed by atoms with Crippen LogP contribution in [-0.4, -0.2) is 25.8 Å². The molecule has 2 aromatic heterocycles. The summed E-state index contributed by atoms with van der Waals surface area (Å²) in [6, 6.07) is 10.9. The summed E-state index contributed by atoms with van der Waals surface area (Å²) in [5.41, 5.74) is 0.581. The zero-order valence-corrected chi connectivity index (χ0v) is 19.8. The maximum atomic E-state index is 12.8. The normalized spacial score (nSPS) is 11.3. The van der Waals surface area contributed by atoms with Crippen LogP contribution in [0, 0.1) is 17.0 Å². The fraction of sp³-hybridized carbons (Fsp3) is 0.0476. The van der Waals surface area contributed by atoms with Crippen LogP contribution in [-0.2, 0) is 0 Å². The third-order valence-electron chi connectivity index (χ3n) is 4.45. The molecule has 0 unspecified atom stereocenters. The van der Waals surface area contributed by atoms with Crippen LogP contribution in [0.2, 0.25) is 10.0 Å². The van der Waals surface area contributed by atoms with Gasteiger partial charge in [-0.05, 0) is 42.8 Å². The smallest absolute Gasteiger partial charge is 0.287 e. The minimum Gasteiger partial charge on any atom is -0.436 e. The van der Waals surface area contributed by atoms with E-state index in [1.165, 1.54) is 23.0 Å². The lowest BCUT2D eigenvalue weighted by molar-refractivity contribution is -0.385. The van der Waals surface area contributed by atoms with E-state index in [9.17, 15) is 14.9 Å². The van der Waals surface area contributed by atoms with Crippen LogP contribution >= 0.6 is 39.1 Å². The number of rotatable bonds is 5. The van der Waals surface area contributed by atoms with Gasteiger partial charge in [0.1, 0.15) is 12.0 Å². The van der Waals surface area contributed by atoms with Crippen molar-refractivity contribution < 1.29 is 9.66 Å². The molecule has 0 N–H and O–H groups in total. The molecule has 0 aliphatic carbocycles. The second kappa shape index (κ2) is 9.26. The molecule has 0 aliphatic rings. The van der Waals surface area contributed by atoms with E-state index in [2.05, 4.69) is 31.0 Å². The Labute approximate surface area is 204 Å². The van der Waals surface area contributed by atoms with Gasteiger partial charge in [0.15, 0.2) is 5.75 Å². The van der Waals surface area contributed by atoms with Crippen molar-refractivity contribution >= 4 is 61.9 Å². The third-order valence-corrected chi connectivity index (χ3v) is 5.51. The fourth-order valence-electron chi connectivity index (χ4n) is 2.92. The van der Waals surface area contributed by atoms with Crippen molar-refractivity contribution in [3.63, 3.8) is 0 Å². The summed E-state index contributed by atoms with van der Waals surface area (Å²) in [5.74, 6) is 0.622. The monoisotopic (exact) mass is 547 g/mol. The van der Waals surface area contributed by atoms with Crippen molar-refractivity contribution in [3.05, 3.63) is 95.0 Å². The van der Waals surface area contributed by atoms with E-state index in [1.807, 2.05) is 6.07 Å². The van der Waals surface area contributed by atoms with Crippen molar-refractivity contribution in [1.82, 2.24) is 14.6 Å². The molecule has 0 amide bonds. The minimum atomic E-state index is -0.568. The van der Waals surface area contributed by atoms with E-state index in [4.69, 9.17) is 27.9 Å². The second-order valence-corrected chi connectivity index (χ2v) is 8.44. The Morgan fingerprint density at radius 3 is 2.55 bits per heavy atom. The lowest BCUT2D eigenvalue weighted by atomic mass is 10.2. The van der Waals surface area contributed by atoms with Gasteiger partial charge in [0, 0.05) is 16.6 Å². The maximum absolute atomic E-state index is 12.8. The fourth-order valence-corrected chi connectivity index (χ4v) is 3.86. The highest BCUT2D eigenvalue weighted by Crippen LogP contribution is 2.36. The Bertz CT molecular complexity index is 1470. The number of aryl methyl sites for hydroxylation is 1. The lowest BCUT2D eigenvalue weighted by Crippen LogP contribution is -2.20. The van der Waals surface area contributed by atoms with Gasteiger partial charge in [-0.2, -0.15) is 9.78 Å². The van der Waals surface area contributed by atoms with Crippen molar-refractivity contribution in [2.75, 3.05) is 0 Å². The summed E-state index contributed by atoms with van der Waals surface area (Å²) in [6.45, 7) is 1.67. The Morgan fingerprint density at radius 2 is 1.91 bits per heavy atom. The summed E-state index contributed by atoms with van der Waals surface area (Å²) >= 11 is 16.0. The van der Waals surface area contributed by atoms with E-state index < -0.39 is 4.92 Å². The van der Waals surface area contributed by atoms with Crippen LogP contribution in [0.3, 0.4) is 0 Å². The zero-order valence-electron chi connectivity index (χ0n) is 16.7. The predicted molar refractivity (Wildman–Crippen MR) is 129 cm³/mol. The van der Waals surface area contributed by atoms with Gasteiger partial charge in [0.2, 0.25) is 5.88 Å². The molecule has 166 valence electrons. The standard InChI is InChI=1S/C21H12BrCl2N5O4/c1-11-27-18-4-2-13(22)8-15(18)21(30)28(11)26-9-12-6-16(23)20(17(24)7-12)33-19-5-3-14(10-25-19)29(31)32/h2-10H,1H3. The first-order chi connectivity index (χ1) is 15.7. The summed E-state index contributed by atoms with van der Waals surface area (Å²) in [4.78, 5) is 31.3. The van der Waals surface area contributed by atoms with Gasteiger partial charge in [0.25, 0.3) is 11.2 Å². The van der Waals surface area contributed by atoms with Crippen molar-refractivity contribution in [2.24, 2.45) is 5.10 Å². The van der Waals surface area contributed by atoms with Gasteiger partial charge >= 0.3 is 0 Å². The van der Waals surface area contributed by atoms with E-state index in [-0.39, 0.29) is 32.9 Å². The molecule has 0 aliphatic heterocycles. The average molecular weight is 549 g/mol. The minimum absolute atomic E-state index is 0.0846. The Hall–Kier alpha value is -3.34. The van der Waals surface area contributed by atoms with Gasteiger partial charge in [0.05, 0.1) is 32.1 Å². The third kappa shape index (κ3) is 4.87. The zero-order chi connectivity index (χ0) is 23.7. The highest BCUT2D eigenvalue weighted by atomic mass is 79.9. The van der Waals surface area contributed by atoms with Gasteiger partial charge in [-0.25, -0.2) is 9.97 Å². The number of nitro groups is 1. The van der Waals surface area contributed by atoms with Crippen LogP contribution in [0.15, 0.2) is 63.0 Å². The van der Waals surface area contributed by atoms with E-state index in [0.717, 1.165) is 10.7 Å². The van der Waals surface area contributed by atoms with E-state index in [1.54, 1.807) is 31.2 Å². The molecule has 4 rings (SSSR count). The largest absolute Gasteiger partial charge is 0.436 e. The Morgan fingerprint density at radius 1 is 1.18 bits per heavy atom. The number of halogens is 3. The number of pyridine rings is 1. The topological polar surface area (TPSA) is 113 Å². The van der Waals surface area contributed by atoms with Crippen LogP contribution in [0.5, 0.6) is 11.6 Å². The van der Waals surface area contributed by atoms with Crippen LogP contribution in [0.4, 0.5) is 5.69 Å². The first-order valence-corrected chi connectivity index (χ1v) is 10.8. The number of hydrogen-bond acceptors (Lipinski definition) is 7. The average Bonchev–Trinajstić information content (AvgIpc) is 2.77. The first-order valence-electron chi connectivity index (χ1n) is 9.23. The summed E-state index contributed by atoms with van der Waals surface area (Å²) in [6.07, 6.45) is 2.49. The molecule has 0 fully saturated rings. The molecule has 0 saturated heterocycles. The molecule has 12 heteroatoms. The lowest BCUT2D eigenvalue weighted by Gasteiger charge is -2.10. The van der Waals surface area contributed by atoms with Crippen molar-refractivity contribution in [3.8, 4) is 11.6 Å². The number of aromatic nitrogens is 3. The summed E-state index contributed by atoms with van der Waals surface area (Å²) in [7, 11) is 0. The number of hydrogen-bond donors (Lipinski definition) is 0. The Kier molecular flexibility index (Phi) is 6.41. The van der Waals surface area contributed by atoms with Crippen molar-refractivity contribution in [2.45, 2.75) is 6.92 Å². The molecule has 0 atom stereocenters. The molecular formula is C21H12BrCl2N5O4. The number of nitrogens with zero attached hydrogens (tertiary/aromatic N) is 5. The highest BCUT2D eigenvalue weighted by molar-refractivity contribution is 9.10. The first kappa shape index (κ1) is 22.8. The summed E-state index contributed by atoms with van der Waals surface area (Å²) < 4.78 is 7.52. The molecule has 33 heavy (non-hydrogen) atoms. The van der Waals surface area contributed by atoms with E-state index in [0.29, 0.717) is 22.3 Å².